The largest absolute Gasteiger partial charge is 0.408 e. The Morgan fingerprint density at radius 3 is 2.54 bits per heavy atom. The first-order valence-corrected chi connectivity index (χ1v) is 4.91. The van der Waals surface area contributed by atoms with Crippen molar-refractivity contribution >= 4 is 5.96 Å². The maximum atomic E-state index is 8.57. The number of nitrogens with zero attached hydrogens (tertiary/aromatic N) is 2. The maximum Gasteiger partial charge on any atom is 0.233 e. The highest BCUT2D eigenvalue weighted by molar-refractivity contribution is 5.77. The summed E-state index contributed by atoms with van der Waals surface area (Å²) in [6, 6.07) is 0.336. The van der Waals surface area contributed by atoms with Gasteiger partial charge in [0.15, 0.2) is 0 Å². The zero-order chi connectivity index (χ0) is 10.3. The van der Waals surface area contributed by atoms with Crippen molar-refractivity contribution in [3.8, 4) is 0 Å². The Morgan fingerprint density at radius 2 is 2.15 bits per heavy atom. The predicted molar refractivity (Wildman–Crippen MR) is 54.8 cm³/mol. The smallest absolute Gasteiger partial charge is 0.233 e. The number of rotatable bonds is 5. The highest BCUT2D eigenvalue weighted by Gasteiger charge is 2.13. The number of oxime groups is 1. The SMILES string of the molecule is CCCCN(C(N)=NO)C(C)CC. The van der Waals surface area contributed by atoms with E-state index in [1.54, 1.807) is 0 Å². The van der Waals surface area contributed by atoms with Gasteiger partial charge in [-0.3, -0.25) is 0 Å². The van der Waals surface area contributed by atoms with Crippen LogP contribution in [0.5, 0.6) is 0 Å². The fourth-order valence-corrected chi connectivity index (χ4v) is 1.17. The van der Waals surface area contributed by atoms with Gasteiger partial charge in [0.1, 0.15) is 0 Å². The minimum atomic E-state index is 0.225. The molecular formula is C9H21N3O. The van der Waals surface area contributed by atoms with Crippen molar-refractivity contribution in [1.82, 2.24) is 4.90 Å². The van der Waals surface area contributed by atoms with Crippen LogP contribution in [0.4, 0.5) is 0 Å². The van der Waals surface area contributed by atoms with E-state index in [-0.39, 0.29) is 5.96 Å². The van der Waals surface area contributed by atoms with Gasteiger partial charge in [-0.15, -0.1) is 0 Å². The van der Waals surface area contributed by atoms with E-state index >= 15 is 0 Å². The summed E-state index contributed by atoms with van der Waals surface area (Å²) < 4.78 is 0. The van der Waals surface area contributed by atoms with Crippen molar-refractivity contribution in [3.05, 3.63) is 0 Å². The molecule has 78 valence electrons. The normalized spacial score (nSPS) is 14.2. The summed E-state index contributed by atoms with van der Waals surface area (Å²) in [5, 5.41) is 11.6. The molecule has 0 bridgehead atoms. The number of hydrogen-bond acceptors (Lipinski definition) is 2. The average Bonchev–Trinajstić information content (AvgIpc) is 2.17. The van der Waals surface area contributed by atoms with Crippen molar-refractivity contribution in [3.63, 3.8) is 0 Å². The van der Waals surface area contributed by atoms with Gasteiger partial charge >= 0.3 is 0 Å². The van der Waals surface area contributed by atoms with E-state index in [9.17, 15) is 0 Å². The monoisotopic (exact) mass is 187 g/mol. The third-order valence-electron chi connectivity index (χ3n) is 2.27. The number of unbranched alkanes of at least 4 members (excludes halogenated alkanes) is 1. The Balaban J connectivity index is 4.18. The molecule has 13 heavy (non-hydrogen) atoms. The van der Waals surface area contributed by atoms with Gasteiger partial charge in [-0.1, -0.05) is 25.4 Å². The fraction of sp³-hybridized carbons (Fsp3) is 0.889. The van der Waals surface area contributed by atoms with Crippen LogP contribution >= 0.6 is 0 Å². The second-order valence-corrected chi connectivity index (χ2v) is 3.26. The van der Waals surface area contributed by atoms with Gasteiger partial charge in [-0.2, -0.15) is 0 Å². The molecule has 1 atom stereocenters. The zero-order valence-electron chi connectivity index (χ0n) is 8.82. The molecule has 0 spiro atoms. The van der Waals surface area contributed by atoms with Crippen LogP contribution in [0.3, 0.4) is 0 Å². The molecule has 3 N–H and O–H groups in total. The molecule has 0 heterocycles. The van der Waals surface area contributed by atoms with Crippen LogP contribution in [-0.2, 0) is 0 Å². The lowest BCUT2D eigenvalue weighted by atomic mass is 10.2. The second kappa shape index (κ2) is 6.57. The standard InChI is InChI=1S/C9H21N3O/c1-4-6-7-12(8(3)5-2)9(10)11-13/h8,13H,4-7H2,1-3H3,(H2,10,11). The van der Waals surface area contributed by atoms with Gasteiger partial charge in [0.2, 0.25) is 5.96 Å². The lowest BCUT2D eigenvalue weighted by Crippen LogP contribution is -2.43. The van der Waals surface area contributed by atoms with E-state index in [1.807, 2.05) is 4.90 Å². The van der Waals surface area contributed by atoms with Crippen molar-refractivity contribution in [2.75, 3.05) is 6.54 Å². The fourth-order valence-electron chi connectivity index (χ4n) is 1.17. The minimum Gasteiger partial charge on any atom is -0.408 e. The van der Waals surface area contributed by atoms with Crippen LogP contribution in [0.1, 0.15) is 40.0 Å². The van der Waals surface area contributed by atoms with Crippen LogP contribution in [-0.4, -0.2) is 28.7 Å². The first kappa shape index (κ1) is 12.1. The molecule has 4 heteroatoms. The van der Waals surface area contributed by atoms with Gasteiger partial charge in [0, 0.05) is 12.6 Å². The molecule has 0 saturated heterocycles. The first-order chi connectivity index (χ1) is 6.17. The molecular weight excluding hydrogens is 166 g/mol. The van der Waals surface area contributed by atoms with Crippen molar-refractivity contribution < 1.29 is 5.21 Å². The predicted octanol–water partition coefficient (Wildman–Crippen LogP) is 1.59. The van der Waals surface area contributed by atoms with Gasteiger partial charge in [-0.25, -0.2) is 0 Å². The molecule has 0 aromatic carbocycles. The molecule has 0 radical (unpaired) electrons. The van der Waals surface area contributed by atoms with E-state index in [0.717, 1.165) is 25.8 Å². The summed E-state index contributed by atoms with van der Waals surface area (Å²) >= 11 is 0. The van der Waals surface area contributed by atoms with Crippen LogP contribution in [0.2, 0.25) is 0 Å². The van der Waals surface area contributed by atoms with Crippen LogP contribution in [0, 0.1) is 0 Å². The Bertz CT molecular complexity index is 159. The highest BCUT2D eigenvalue weighted by Crippen LogP contribution is 2.04. The molecule has 1 unspecified atom stereocenters. The third-order valence-corrected chi connectivity index (χ3v) is 2.27. The summed E-state index contributed by atoms with van der Waals surface area (Å²) in [4.78, 5) is 1.93. The van der Waals surface area contributed by atoms with Gasteiger partial charge in [0.25, 0.3) is 0 Å². The molecule has 0 aromatic heterocycles. The molecule has 0 amide bonds. The molecule has 0 aliphatic carbocycles. The van der Waals surface area contributed by atoms with Gasteiger partial charge in [-0.05, 0) is 19.8 Å². The molecule has 0 aromatic rings. The molecule has 0 rings (SSSR count). The Morgan fingerprint density at radius 1 is 1.54 bits per heavy atom. The van der Waals surface area contributed by atoms with Gasteiger partial charge < -0.3 is 15.8 Å². The quantitative estimate of drug-likeness (QED) is 0.297. The molecule has 0 aliphatic heterocycles. The molecule has 0 aliphatic rings. The van der Waals surface area contributed by atoms with Gasteiger partial charge in [0.05, 0.1) is 0 Å². The van der Waals surface area contributed by atoms with Crippen molar-refractivity contribution in [1.29, 1.82) is 0 Å². The average molecular weight is 187 g/mol. The van der Waals surface area contributed by atoms with Crippen LogP contribution < -0.4 is 5.73 Å². The van der Waals surface area contributed by atoms with Crippen molar-refractivity contribution in [2.45, 2.75) is 46.1 Å². The van der Waals surface area contributed by atoms with E-state index in [0.29, 0.717) is 6.04 Å². The summed E-state index contributed by atoms with van der Waals surface area (Å²) in [5.41, 5.74) is 5.56. The van der Waals surface area contributed by atoms with Crippen LogP contribution in [0.25, 0.3) is 0 Å². The molecule has 0 fully saturated rings. The number of guanidine groups is 1. The number of nitrogens with two attached hydrogens (primary N) is 1. The Kier molecular flexibility index (Phi) is 6.10. The van der Waals surface area contributed by atoms with E-state index in [1.165, 1.54) is 0 Å². The third kappa shape index (κ3) is 4.01. The summed E-state index contributed by atoms with van der Waals surface area (Å²) in [7, 11) is 0. The lowest BCUT2D eigenvalue weighted by molar-refractivity contribution is 0.270. The molecule has 0 saturated carbocycles. The van der Waals surface area contributed by atoms with E-state index in [4.69, 9.17) is 10.9 Å². The topological polar surface area (TPSA) is 61.8 Å². The maximum absolute atomic E-state index is 8.57. The minimum absolute atomic E-state index is 0.225. The Labute approximate surface area is 80.4 Å². The van der Waals surface area contributed by atoms with E-state index in [2.05, 4.69) is 25.9 Å². The first-order valence-electron chi connectivity index (χ1n) is 4.91. The second-order valence-electron chi connectivity index (χ2n) is 3.26. The summed E-state index contributed by atoms with van der Waals surface area (Å²) in [5.74, 6) is 0.225. The van der Waals surface area contributed by atoms with Crippen molar-refractivity contribution in [2.24, 2.45) is 10.9 Å². The highest BCUT2D eigenvalue weighted by atomic mass is 16.4. The Hall–Kier alpha value is -0.930. The zero-order valence-corrected chi connectivity index (χ0v) is 8.82. The number of hydrogen-bond donors (Lipinski definition) is 2. The molecule has 4 nitrogen and oxygen atoms in total. The van der Waals surface area contributed by atoms with Crippen LogP contribution in [0.15, 0.2) is 5.16 Å². The van der Waals surface area contributed by atoms with E-state index < -0.39 is 0 Å². The summed E-state index contributed by atoms with van der Waals surface area (Å²) in [6.45, 7) is 7.16. The lowest BCUT2D eigenvalue weighted by Gasteiger charge is -2.28. The summed E-state index contributed by atoms with van der Waals surface area (Å²) in [6.07, 6.45) is 3.19.